The third kappa shape index (κ3) is 2.26. The number of urea groups is 1. The predicted octanol–water partition coefficient (Wildman–Crippen LogP) is 1.58. The molecule has 1 aliphatic rings. The first-order chi connectivity index (χ1) is 8.83. The molecule has 3 N–H and O–H groups in total. The van der Waals surface area contributed by atoms with Crippen molar-refractivity contribution in [2.24, 2.45) is 0 Å². The van der Waals surface area contributed by atoms with E-state index in [9.17, 15) is 4.79 Å². The Labute approximate surface area is 108 Å². The van der Waals surface area contributed by atoms with Crippen LogP contribution in [0.4, 0.5) is 10.5 Å². The summed E-state index contributed by atoms with van der Waals surface area (Å²) in [5.74, 6) is 2.10. The average molecular weight is 263 g/mol. The highest BCUT2D eigenvalue weighted by molar-refractivity contribution is 7.99. The molecule has 1 saturated heterocycles. The summed E-state index contributed by atoms with van der Waals surface area (Å²) >= 11 is 1.86. The van der Waals surface area contributed by atoms with Crippen molar-refractivity contribution in [3.8, 4) is 0 Å². The minimum atomic E-state index is -0.182. The molecule has 94 valence electrons. The third-order valence-corrected chi connectivity index (χ3v) is 4.02. The van der Waals surface area contributed by atoms with Gasteiger partial charge in [-0.15, -0.1) is 0 Å². The lowest BCUT2D eigenvalue weighted by molar-refractivity contribution is 0.249. The maximum atomic E-state index is 11.8. The Kier molecular flexibility index (Phi) is 3.06. The minimum absolute atomic E-state index is 0.182. The van der Waals surface area contributed by atoms with Crippen LogP contribution in [0.2, 0.25) is 0 Å². The Bertz CT molecular complexity index is 563. The number of thioether (sulfide) groups is 1. The van der Waals surface area contributed by atoms with Crippen LogP contribution >= 0.6 is 11.8 Å². The lowest BCUT2D eigenvalue weighted by Gasteiger charge is -2.12. The largest absolute Gasteiger partial charge is 0.334 e. The zero-order valence-corrected chi connectivity index (χ0v) is 10.5. The molecule has 1 fully saturated rings. The van der Waals surface area contributed by atoms with Crippen LogP contribution < -0.4 is 10.6 Å². The number of anilines is 1. The molecule has 2 heterocycles. The van der Waals surface area contributed by atoms with E-state index in [2.05, 4.69) is 26.0 Å². The molecule has 1 aromatic heterocycles. The van der Waals surface area contributed by atoms with Gasteiger partial charge in [0.15, 0.2) is 0 Å². The molecule has 0 unspecified atom stereocenters. The highest BCUT2D eigenvalue weighted by atomic mass is 32.2. The second-order valence-corrected chi connectivity index (χ2v) is 5.31. The molecule has 0 radical (unpaired) electrons. The van der Waals surface area contributed by atoms with Gasteiger partial charge in [-0.3, -0.25) is 0 Å². The molecule has 0 spiro atoms. The summed E-state index contributed by atoms with van der Waals surface area (Å²) in [6, 6.07) is 5.58. The van der Waals surface area contributed by atoms with Gasteiger partial charge < -0.3 is 10.6 Å². The van der Waals surface area contributed by atoms with Gasteiger partial charge in [0, 0.05) is 11.8 Å². The summed E-state index contributed by atoms with van der Waals surface area (Å²) in [6.07, 6.45) is 1.03. The molecule has 2 amide bonds. The number of para-hydroxylation sites is 1. The number of nitrogens with one attached hydrogen (secondary N) is 3. The molecule has 1 atom stereocenters. The second kappa shape index (κ2) is 4.85. The number of benzene rings is 1. The van der Waals surface area contributed by atoms with Crippen LogP contribution in [0.25, 0.3) is 11.0 Å². The van der Waals surface area contributed by atoms with E-state index < -0.39 is 0 Å². The van der Waals surface area contributed by atoms with E-state index in [1.807, 2.05) is 30.0 Å². The number of H-pyrrole nitrogens is 1. The molecular formula is C11H13N5OS. The van der Waals surface area contributed by atoms with E-state index in [4.69, 9.17) is 0 Å². The quantitative estimate of drug-likeness (QED) is 0.768. The van der Waals surface area contributed by atoms with Crippen molar-refractivity contribution in [2.45, 2.75) is 12.5 Å². The van der Waals surface area contributed by atoms with Gasteiger partial charge in [-0.25, -0.2) is 4.79 Å². The molecular weight excluding hydrogens is 250 g/mol. The summed E-state index contributed by atoms with van der Waals surface area (Å²) in [5, 5.41) is 16.3. The average Bonchev–Trinajstić information content (AvgIpc) is 2.99. The van der Waals surface area contributed by atoms with E-state index in [1.165, 1.54) is 0 Å². The maximum absolute atomic E-state index is 11.8. The number of nitrogens with zero attached hydrogens (tertiary/aromatic N) is 2. The number of fused-ring (bicyclic) bond motifs is 1. The molecule has 1 aliphatic heterocycles. The van der Waals surface area contributed by atoms with Gasteiger partial charge in [0.05, 0.1) is 5.69 Å². The number of carbonyl (C=O) groups excluding carboxylic acids is 1. The van der Waals surface area contributed by atoms with Crippen molar-refractivity contribution in [1.82, 2.24) is 20.7 Å². The van der Waals surface area contributed by atoms with Crippen LogP contribution in [0.5, 0.6) is 0 Å². The first-order valence-corrected chi connectivity index (χ1v) is 6.93. The number of rotatable bonds is 2. The number of carbonyl (C=O) groups is 1. The first kappa shape index (κ1) is 11.3. The number of amides is 2. The van der Waals surface area contributed by atoms with Crippen LogP contribution in [-0.4, -0.2) is 39.0 Å². The van der Waals surface area contributed by atoms with Crippen molar-refractivity contribution < 1.29 is 4.79 Å². The standard InChI is InChI=1S/C11H13N5OS/c17-11(12-7-4-5-18-6-7)13-8-2-1-3-9-10(8)15-16-14-9/h1-3,7H,4-6H2,(H2,12,13,17)(H,14,15,16)/t7-/m0/s1. The van der Waals surface area contributed by atoms with E-state index in [-0.39, 0.29) is 12.1 Å². The summed E-state index contributed by atoms with van der Waals surface area (Å²) in [5.41, 5.74) is 2.09. The minimum Gasteiger partial charge on any atom is -0.334 e. The summed E-state index contributed by atoms with van der Waals surface area (Å²) in [4.78, 5) is 11.8. The summed E-state index contributed by atoms with van der Waals surface area (Å²) < 4.78 is 0. The van der Waals surface area contributed by atoms with Crippen LogP contribution in [0.15, 0.2) is 18.2 Å². The SMILES string of the molecule is O=C(Nc1cccc2n[nH]nc12)N[C@H]1CCSC1. The van der Waals surface area contributed by atoms with E-state index in [0.717, 1.165) is 23.4 Å². The molecule has 6 nitrogen and oxygen atoms in total. The van der Waals surface area contributed by atoms with Gasteiger partial charge in [0.1, 0.15) is 11.0 Å². The molecule has 1 aromatic carbocycles. The Hall–Kier alpha value is -1.76. The van der Waals surface area contributed by atoms with E-state index in [0.29, 0.717) is 11.2 Å². The molecule has 0 aliphatic carbocycles. The summed E-state index contributed by atoms with van der Waals surface area (Å²) in [6.45, 7) is 0. The molecule has 7 heteroatoms. The number of aromatic nitrogens is 3. The fraction of sp³-hybridized carbons (Fsp3) is 0.364. The Morgan fingerprint density at radius 3 is 3.22 bits per heavy atom. The Morgan fingerprint density at radius 1 is 1.44 bits per heavy atom. The molecule has 0 bridgehead atoms. The van der Waals surface area contributed by atoms with Gasteiger partial charge in [-0.05, 0) is 24.3 Å². The number of hydrogen-bond donors (Lipinski definition) is 3. The zero-order valence-electron chi connectivity index (χ0n) is 9.64. The topological polar surface area (TPSA) is 82.7 Å². The maximum Gasteiger partial charge on any atom is 0.319 e. The first-order valence-electron chi connectivity index (χ1n) is 5.78. The normalized spacial score (nSPS) is 19.0. The van der Waals surface area contributed by atoms with Crippen LogP contribution in [0.1, 0.15) is 6.42 Å². The van der Waals surface area contributed by atoms with Gasteiger partial charge in [0.2, 0.25) is 0 Å². The third-order valence-electron chi connectivity index (χ3n) is 2.86. The number of aromatic amines is 1. The van der Waals surface area contributed by atoms with Crippen molar-refractivity contribution in [3.63, 3.8) is 0 Å². The van der Waals surface area contributed by atoms with Gasteiger partial charge >= 0.3 is 6.03 Å². The smallest absolute Gasteiger partial charge is 0.319 e. The fourth-order valence-corrected chi connectivity index (χ4v) is 3.11. The Balaban J connectivity index is 1.71. The van der Waals surface area contributed by atoms with E-state index in [1.54, 1.807) is 0 Å². The molecule has 3 rings (SSSR count). The Morgan fingerprint density at radius 2 is 2.39 bits per heavy atom. The van der Waals surface area contributed by atoms with Crippen LogP contribution in [0.3, 0.4) is 0 Å². The van der Waals surface area contributed by atoms with Gasteiger partial charge in [0.25, 0.3) is 0 Å². The molecule has 2 aromatic rings. The van der Waals surface area contributed by atoms with Gasteiger partial charge in [-0.1, -0.05) is 6.07 Å². The molecule has 0 saturated carbocycles. The second-order valence-electron chi connectivity index (χ2n) is 4.16. The van der Waals surface area contributed by atoms with Crippen LogP contribution in [0, 0.1) is 0 Å². The monoisotopic (exact) mass is 263 g/mol. The predicted molar refractivity (Wildman–Crippen MR) is 71.8 cm³/mol. The lowest BCUT2D eigenvalue weighted by Crippen LogP contribution is -2.37. The fourth-order valence-electron chi connectivity index (χ4n) is 1.96. The number of hydrogen-bond acceptors (Lipinski definition) is 4. The van der Waals surface area contributed by atoms with Crippen molar-refractivity contribution in [1.29, 1.82) is 0 Å². The van der Waals surface area contributed by atoms with Crippen molar-refractivity contribution in [3.05, 3.63) is 18.2 Å². The highest BCUT2D eigenvalue weighted by Crippen LogP contribution is 2.20. The lowest BCUT2D eigenvalue weighted by atomic mass is 10.2. The molecule has 18 heavy (non-hydrogen) atoms. The van der Waals surface area contributed by atoms with Crippen molar-refractivity contribution >= 4 is 34.5 Å². The van der Waals surface area contributed by atoms with Crippen molar-refractivity contribution in [2.75, 3.05) is 16.8 Å². The zero-order chi connectivity index (χ0) is 12.4. The summed E-state index contributed by atoms with van der Waals surface area (Å²) in [7, 11) is 0. The van der Waals surface area contributed by atoms with Gasteiger partial charge in [-0.2, -0.15) is 27.2 Å². The van der Waals surface area contributed by atoms with E-state index >= 15 is 0 Å². The highest BCUT2D eigenvalue weighted by Gasteiger charge is 2.18. The van der Waals surface area contributed by atoms with Crippen LogP contribution in [-0.2, 0) is 0 Å².